The lowest BCUT2D eigenvalue weighted by Gasteiger charge is -2.13. The Hall–Kier alpha value is -0.860. The molecule has 0 unspecified atom stereocenters. The molecule has 1 aliphatic carbocycles. The van der Waals surface area contributed by atoms with Crippen molar-refractivity contribution in [2.45, 2.75) is 26.3 Å². The van der Waals surface area contributed by atoms with Gasteiger partial charge in [-0.1, -0.05) is 29.8 Å². The van der Waals surface area contributed by atoms with Crippen LogP contribution in [0.4, 0.5) is 0 Å². The fourth-order valence-electron chi connectivity index (χ4n) is 1.81. The van der Waals surface area contributed by atoms with Gasteiger partial charge in [0.05, 0.1) is 0 Å². The molecule has 82 valence electrons. The van der Waals surface area contributed by atoms with Crippen LogP contribution in [0.5, 0.6) is 0 Å². The molecule has 2 heteroatoms. The third-order valence-electron chi connectivity index (χ3n) is 3.34. The minimum atomic E-state index is 0.435. The summed E-state index contributed by atoms with van der Waals surface area (Å²) in [5.74, 6) is 0. The SMILES string of the molecule is Cc1ccc(CNCC2(CN)CC2)cc1. The maximum atomic E-state index is 5.73. The maximum Gasteiger partial charge on any atom is 0.0205 e. The van der Waals surface area contributed by atoms with Crippen molar-refractivity contribution in [3.63, 3.8) is 0 Å². The fraction of sp³-hybridized carbons (Fsp3) is 0.538. The molecule has 0 aliphatic heterocycles. The van der Waals surface area contributed by atoms with E-state index in [-0.39, 0.29) is 0 Å². The first kappa shape index (κ1) is 10.7. The first-order valence-electron chi connectivity index (χ1n) is 5.70. The second-order valence-corrected chi connectivity index (χ2v) is 4.79. The number of nitrogens with two attached hydrogens (primary N) is 1. The van der Waals surface area contributed by atoms with E-state index in [0.717, 1.165) is 19.6 Å². The summed E-state index contributed by atoms with van der Waals surface area (Å²) in [6.45, 7) is 4.97. The molecule has 2 rings (SSSR count). The highest BCUT2D eigenvalue weighted by Crippen LogP contribution is 2.43. The van der Waals surface area contributed by atoms with Gasteiger partial charge < -0.3 is 11.1 Å². The van der Waals surface area contributed by atoms with Gasteiger partial charge in [0.15, 0.2) is 0 Å². The molecule has 1 fully saturated rings. The highest BCUT2D eigenvalue weighted by atomic mass is 14.9. The summed E-state index contributed by atoms with van der Waals surface area (Å²) in [7, 11) is 0. The van der Waals surface area contributed by atoms with Crippen LogP contribution in [-0.4, -0.2) is 13.1 Å². The zero-order valence-electron chi connectivity index (χ0n) is 9.42. The van der Waals surface area contributed by atoms with Crippen molar-refractivity contribution in [3.05, 3.63) is 35.4 Å². The largest absolute Gasteiger partial charge is 0.330 e. The van der Waals surface area contributed by atoms with E-state index in [1.54, 1.807) is 0 Å². The van der Waals surface area contributed by atoms with Gasteiger partial charge in [-0.05, 0) is 37.3 Å². The summed E-state index contributed by atoms with van der Waals surface area (Å²) >= 11 is 0. The molecule has 0 bridgehead atoms. The van der Waals surface area contributed by atoms with E-state index in [1.165, 1.54) is 24.0 Å². The molecule has 0 radical (unpaired) electrons. The molecule has 1 aliphatic rings. The predicted molar refractivity (Wildman–Crippen MR) is 63.6 cm³/mol. The molecular weight excluding hydrogens is 184 g/mol. The molecule has 1 aromatic carbocycles. The Morgan fingerprint density at radius 1 is 1.27 bits per heavy atom. The number of nitrogens with one attached hydrogen (secondary N) is 1. The van der Waals surface area contributed by atoms with Gasteiger partial charge >= 0.3 is 0 Å². The highest BCUT2D eigenvalue weighted by Gasteiger charge is 2.40. The average molecular weight is 204 g/mol. The molecular formula is C13H20N2. The van der Waals surface area contributed by atoms with Crippen LogP contribution in [0.1, 0.15) is 24.0 Å². The second-order valence-electron chi connectivity index (χ2n) is 4.79. The lowest BCUT2D eigenvalue weighted by Crippen LogP contribution is -2.29. The molecule has 0 saturated heterocycles. The van der Waals surface area contributed by atoms with E-state index in [9.17, 15) is 0 Å². The van der Waals surface area contributed by atoms with Crippen molar-refractivity contribution in [2.24, 2.45) is 11.1 Å². The molecule has 2 nitrogen and oxygen atoms in total. The van der Waals surface area contributed by atoms with Crippen LogP contribution in [0.2, 0.25) is 0 Å². The van der Waals surface area contributed by atoms with Crippen LogP contribution in [0.15, 0.2) is 24.3 Å². The summed E-state index contributed by atoms with van der Waals surface area (Å²) < 4.78 is 0. The lowest BCUT2D eigenvalue weighted by molar-refractivity contribution is 0.468. The van der Waals surface area contributed by atoms with Crippen LogP contribution in [-0.2, 0) is 6.54 Å². The van der Waals surface area contributed by atoms with Gasteiger partial charge in [0, 0.05) is 13.1 Å². The molecule has 0 spiro atoms. The first-order chi connectivity index (χ1) is 7.24. The van der Waals surface area contributed by atoms with Gasteiger partial charge in [-0.25, -0.2) is 0 Å². The third kappa shape index (κ3) is 2.80. The maximum absolute atomic E-state index is 5.73. The van der Waals surface area contributed by atoms with Crippen LogP contribution in [0.3, 0.4) is 0 Å². The normalized spacial score (nSPS) is 17.7. The van der Waals surface area contributed by atoms with Gasteiger partial charge in [0.1, 0.15) is 0 Å². The zero-order valence-corrected chi connectivity index (χ0v) is 9.42. The molecule has 3 N–H and O–H groups in total. The number of benzene rings is 1. The van der Waals surface area contributed by atoms with Crippen molar-refractivity contribution in [3.8, 4) is 0 Å². The average Bonchev–Trinajstić information content (AvgIpc) is 3.02. The number of aryl methyl sites for hydroxylation is 1. The Balaban J connectivity index is 1.76. The number of rotatable bonds is 5. The van der Waals surface area contributed by atoms with Crippen molar-refractivity contribution in [1.29, 1.82) is 0 Å². The summed E-state index contributed by atoms with van der Waals surface area (Å²) in [6.07, 6.45) is 2.59. The Morgan fingerprint density at radius 2 is 1.93 bits per heavy atom. The Kier molecular flexibility index (Phi) is 3.08. The Labute approximate surface area is 91.9 Å². The van der Waals surface area contributed by atoms with Gasteiger partial charge in [-0.15, -0.1) is 0 Å². The smallest absolute Gasteiger partial charge is 0.0205 e. The standard InChI is InChI=1S/C13H20N2/c1-11-2-4-12(5-3-11)8-15-10-13(9-14)6-7-13/h2-5,15H,6-10,14H2,1H3. The van der Waals surface area contributed by atoms with Crippen LogP contribution in [0, 0.1) is 12.3 Å². The predicted octanol–water partition coefficient (Wildman–Crippen LogP) is 1.82. The van der Waals surface area contributed by atoms with Crippen molar-refractivity contribution < 1.29 is 0 Å². The van der Waals surface area contributed by atoms with Crippen LogP contribution in [0.25, 0.3) is 0 Å². The van der Waals surface area contributed by atoms with E-state index in [1.807, 2.05) is 0 Å². The minimum absolute atomic E-state index is 0.435. The van der Waals surface area contributed by atoms with E-state index in [2.05, 4.69) is 36.5 Å². The zero-order chi connectivity index (χ0) is 10.7. The van der Waals surface area contributed by atoms with E-state index >= 15 is 0 Å². The van der Waals surface area contributed by atoms with Crippen molar-refractivity contribution >= 4 is 0 Å². The first-order valence-corrected chi connectivity index (χ1v) is 5.70. The van der Waals surface area contributed by atoms with E-state index in [0.29, 0.717) is 5.41 Å². The van der Waals surface area contributed by atoms with Crippen molar-refractivity contribution in [2.75, 3.05) is 13.1 Å². The lowest BCUT2D eigenvalue weighted by atomic mass is 10.1. The van der Waals surface area contributed by atoms with E-state index < -0.39 is 0 Å². The molecule has 0 heterocycles. The summed E-state index contributed by atoms with van der Waals surface area (Å²) in [5, 5.41) is 3.49. The third-order valence-corrected chi connectivity index (χ3v) is 3.34. The second kappa shape index (κ2) is 4.33. The topological polar surface area (TPSA) is 38.0 Å². The number of hydrogen-bond acceptors (Lipinski definition) is 2. The summed E-state index contributed by atoms with van der Waals surface area (Å²) in [4.78, 5) is 0. The molecule has 0 aromatic heterocycles. The quantitative estimate of drug-likeness (QED) is 0.768. The Bertz CT molecular complexity index is 312. The van der Waals surface area contributed by atoms with Crippen LogP contribution < -0.4 is 11.1 Å². The number of hydrogen-bond donors (Lipinski definition) is 2. The van der Waals surface area contributed by atoms with Gasteiger partial charge in [0.25, 0.3) is 0 Å². The fourth-order valence-corrected chi connectivity index (χ4v) is 1.81. The summed E-state index contributed by atoms with van der Waals surface area (Å²) in [6, 6.07) is 8.69. The molecule has 1 aromatic rings. The van der Waals surface area contributed by atoms with Crippen LogP contribution >= 0.6 is 0 Å². The molecule has 0 atom stereocenters. The highest BCUT2D eigenvalue weighted by molar-refractivity contribution is 5.21. The molecule has 15 heavy (non-hydrogen) atoms. The van der Waals surface area contributed by atoms with Gasteiger partial charge in [0.2, 0.25) is 0 Å². The molecule has 0 amide bonds. The molecule has 1 saturated carbocycles. The van der Waals surface area contributed by atoms with E-state index in [4.69, 9.17) is 5.73 Å². The van der Waals surface area contributed by atoms with Crippen molar-refractivity contribution in [1.82, 2.24) is 5.32 Å². The minimum Gasteiger partial charge on any atom is -0.330 e. The van der Waals surface area contributed by atoms with Gasteiger partial charge in [-0.3, -0.25) is 0 Å². The van der Waals surface area contributed by atoms with Gasteiger partial charge in [-0.2, -0.15) is 0 Å². The summed E-state index contributed by atoms with van der Waals surface area (Å²) in [5.41, 5.74) is 8.84. The monoisotopic (exact) mass is 204 g/mol. The Morgan fingerprint density at radius 3 is 2.47 bits per heavy atom.